The zero-order valence-electron chi connectivity index (χ0n) is 10.3. The number of nitrogens with one attached hydrogen (secondary N) is 1. The highest BCUT2D eigenvalue weighted by atomic mass is 79.9. The number of nitrogens with zero attached hydrogens (tertiary/aromatic N) is 1. The molecule has 0 saturated carbocycles. The molecule has 3 nitrogen and oxygen atoms in total. The molecule has 0 amide bonds. The molecule has 1 N–H and O–H groups in total. The summed E-state index contributed by atoms with van der Waals surface area (Å²) in [7, 11) is 0. The van der Waals surface area contributed by atoms with Crippen molar-refractivity contribution < 1.29 is 4.74 Å². The minimum absolute atomic E-state index is 0.543. The van der Waals surface area contributed by atoms with E-state index in [-0.39, 0.29) is 0 Å². The predicted octanol–water partition coefficient (Wildman–Crippen LogP) is 3.81. The molecule has 0 saturated heterocycles. The summed E-state index contributed by atoms with van der Waals surface area (Å²) in [6, 6.07) is 17.5. The lowest BCUT2D eigenvalue weighted by Crippen LogP contribution is -2.12. The van der Waals surface area contributed by atoms with Crippen molar-refractivity contribution in [3.63, 3.8) is 0 Å². The van der Waals surface area contributed by atoms with Gasteiger partial charge in [0.05, 0.1) is 11.3 Å². The fraction of sp³-hybridized carbons (Fsp3) is 0.133. The molecule has 2 rings (SSSR count). The third-order valence-corrected chi connectivity index (χ3v) is 3.22. The Morgan fingerprint density at radius 3 is 2.63 bits per heavy atom. The standard InChI is InChI=1S/C15H13BrN2O/c16-14-7-4-8-15(13(14)11-17)18-9-10-19-12-5-2-1-3-6-12/h1-8,18H,9-10H2. The molecule has 0 spiro atoms. The molecule has 0 unspecified atom stereocenters. The number of hydrogen-bond acceptors (Lipinski definition) is 3. The molecule has 2 aromatic rings. The third kappa shape index (κ3) is 3.73. The summed E-state index contributed by atoms with van der Waals surface area (Å²) in [4.78, 5) is 0. The topological polar surface area (TPSA) is 45.0 Å². The minimum atomic E-state index is 0.543. The number of para-hydroxylation sites is 1. The van der Waals surface area contributed by atoms with Gasteiger partial charge in [-0.25, -0.2) is 0 Å². The normalized spacial score (nSPS) is 9.68. The van der Waals surface area contributed by atoms with Crippen LogP contribution in [0.5, 0.6) is 5.75 Å². The van der Waals surface area contributed by atoms with Crippen molar-refractivity contribution in [3.05, 3.63) is 58.6 Å². The van der Waals surface area contributed by atoms with Gasteiger partial charge in [0, 0.05) is 11.0 Å². The van der Waals surface area contributed by atoms with E-state index in [0.29, 0.717) is 18.7 Å². The molecule has 0 aliphatic carbocycles. The second-order valence-electron chi connectivity index (χ2n) is 3.86. The summed E-state index contributed by atoms with van der Waals surface area (Å²) in [5.41, 5.74) is 1.43. The Balaban J connectivity index is 1.87. The summed E-state index contributed by atoms with van der Waals surface area (Å²) >= 11 is 3.36. The highest BCUT2D eigenvalue weighted by Gasteiger charge is 2.04. The van der Waals surface area contributed by atoms with Gasteiger partial charge in [-0.15, -0.1) is 0 Å². The highest BCUT2D eigenvalue weighted by molar-refractivity contribution is 9.10. The number of anilines is 1. The minimum Gasteiger partial charge on any atom is -0.492 e. The molecular weight excluding hydrogens is 304 g/mol. The van der Waals surface area contributed by atoms with Crippen molar-refractivity contribution in [3.8, 4) is 11.8 Å². The molecule has 0 heterocycles. The van der Waals surface area contributed by atoms with Crippen LogP contribution >= 0.6 is 15.9 Å². The summed E-state index contributed by atoms with van der Waals surface area (Å²) in [5, 5.41) is 12.3. The van der Waals surface area contributed by atoms with Crippen LogP contribution < -0.4 is 10.1 Å². The molecule has 0 aliphatic heterocycles. The van der Waals surface area contributed by atoms with Gasteiger partial charge in [0.15, 0.2) is 0 Å². The maximum Gasteiger partial charge on any atom is 0.119 e. The van der Waals surface area contributed by atoms with E-state index < -0.39 is 0 Å². The summed E-state index contributed by atoms with van der Waals surface area (Å²) < 4.78 is 6.37. The first kappa shape index (κ1) is 13.4. The van der Waals surface area contributed by atoms with E-state index >= 15 is 0 Å². The maximum absolute atomic E-state index is 9.08. The Labute approximate surface area is 121 Å². The molecule has 0 bridgehead atoms. The van der Waals surface area contributed by atoms with Crippen LogP contribution in [0, 0.1) is 11.3 Å². The van der Waals surface area contributed by atoms with E-state index in [2.05, 4.69) is 27.3 Å². The van der Waals surface area contributed by atoms with Crippen molar-refractivity contribution in [2.75, 3.05) is 18.5 Å². The van der Waals surface area contributed by atoms with Gasteiger partial charge in [0.25, 0.3) is 0 Å². The number of halogens is 1. The first-order valence-electron chi connectivity index (χ1n) is 5.91. The van der Waals surface area contributed by atoms with Gasteiger partial charge in [0.2, 0.25) is 0 Å². The number of hydrogen-bond donors (Lipinski definition) is 1. The van der Waals surface area contributed by atoms with Gasteiger partial charge in [-0.05, 0) is 40.2 Å². The molecule has 96 valence electrons. The van der Waals surface area contributed by atoms with Crippen molar-refractivity contribution in [2.24, 2.45) is 0 Å². The first-order valence-corrected chi connectivity index (χ1v) is 6.71. The summed E-state index contributed by atoms with van der Waals surface area (Å²) in [6.45, 7) is 1.18. The molecule has 4 heteroatoms. The third-order valence-electron chi connectivity index (χ3n) is 2.55. The van der Waals surface area contributed by atoms with E-state index in [4.69, 9.17) is 10.00 Å². The van der Waals surface area contributed by atoms with Crippen LogP contribution in [0.25, 0.3) is 0 Å². The molecule has 0 aromatic heterocycles. The fourth-order valence-corrected chi connectivity index (χ4v) is 2.11. The molecule has 0 atom stereocenters. The quantitative estimate of drug-likeness (QED) is 0.853. The van der Waals surface area contributed by atoms with Gasteiger partial charge >= 0.3 is 0 Å². The molecule has 19 heavy (non-hydrogen) atoms. The maximum atomic E-state index is 9.08. The smallest absolute Gasteiger partial charge is 0.119 e. The molecule has 0 radical (unpaired) electrons. The first-order chi connectivity index (χ1) is 9.31. The van der Waals surface area contributed by atoms with E-state index in [1.165, 1.54) is 0 Å². The summed E-state index contributed by atoms with van der Waals surface area (Å²) in [6.07, 6.45) is 0. The average molecular weight is 317 g/mol. The molecular formula is C15H13BrN2O. The van der Waals surface area contributed by atoms with Crippen molar-refractivity contribution in [2.45, 2.75) is 0 Å². The van der Waals surface area contributed by atoms with Crippen LogP contribution in [0.1, 0.15) is 5.56 Å². The van der Waals surface area contributed by atoms with Gasteiger partial charge in [0.1, 0.15) is 18.4 Å². The predicted molar refractivity (Wildman–Crippen MR) is 79.3 cm³/mol. The number of rotatable bonds is 5. The lowest BCUT2D eigenvalue weighted by molar-refractivity contribution is 0.333. The fourth-order valence-electron chi connectivity index (χ4n) is 1.66. The second-order valence-corrected chi connectivity index (χ2v) is 4.72. The van der Waals surface area contributed by atoms with Gasteiger partial charge in [-0.3, -0.25) is 0 Å². The Bertz CT molecular complexity index is 578. The van der Waals surface area contributed by atoms with Crippen LogP contribution in [0.15, 0.2) is 53.0 Å². The highest BCUT2D eigenvalue weighted by Crippen LogP contribution is 2.23. The molecule has 2 aromatic carbocycles. The Morgan fingerprint density at radius 1 is 1.11 bits per heavy atom. The average Bonchev–Trinajstić information content (AvgIpc) is 2.45. The molecule has 0 fully saturated rings. The van der Waals surface area contributed by atoms with Crippen molar-refractivity contribution in [1.29, 1.82) is 5.26 Å². The van der Waals surface area contributed by atoms with Gasteiger partial charge < -0.3 is 10.1 Å². The monoisotopic (exact) mass is 316 g/mol. The number of benzene rings is 2. The largest absolute Gasteiger partial charge is 0.492 e. The van der Waals surface area contributed by atoms with E-state index in [9.17, 15) is 0 Å². The molecule has 0 aliphatic rings. The van der Waals surface area contributed by atoms with Crippen molar-refractivity contribution in [1.82, 2.24) is 0 Å². The van der Waals surface area contributed by atoms with Crippen LogP contribution in [0.4, 0.5) is 5.69 Å². The summed E-state index contributed by atoms with van der Waals surface area (Å²) in [5.74, 6) is 0.846. The number of ether oxygens (including phenoxy) is 1. The van der Waals surface area contributed by atoms with E-state index in [1.54, 1.807) is 0 Å². The van der Waals surface area contributed by atoms with Crippen LogP contribution in [0.2, 0.25) is 0 Å². The van der Waals surface area contributed by atoms with Crippen molar-refractivity contribution >= 4 is 21.6 Å². The SMILES string of the molecule is N#Cc1c(Br)cccc1NCCOc1ccccc1. The van der Waals surface area contributed by atoms with Gasteiger partial charge in [-0.1, -0.05) is 24.3 Å². The Hall–Kier alpha value is -1.99. The van der Waals surface area contributed by atoms with E-state index in [1.807, 2.05) is 48.5 Å². The Morgan fingerprint density at radius 2 is 1.89 bits per heavy atom. The number of nitriles is 1. The van der Waals surface area contributed by atoms with Gasteiger partial charge in [-0.2, -0.15) is 5.26 Å². The Kier molecular flexibility index (Phi) is 4.82. The van der Waals surface area contributed by atoms with E-state index in [0.717, 1.165) is 15.9 Å². The van der Waals surface area contributed by atoms with Crippen LogP contribution in [0.3, 0.4) is 0 Å². The van der Waals surface area contributed by atoms with Crippen LogP contribution in [-0.4, -0.2) is 13.2 Å². The second kappa shape index (κ2) is 6.81. The lowest BCUT2D eigenvalue weighted by Gasteiger charge is -2.10. The zero-order chi connectivity index (χ0) is 13.5. The zero-order valence-corrected chi connectivity index (χ0v) is 11.9. The van der Waals surface area contributed by atoms with Crippen LogP contribution in [-0.2, 0) is 0 Å². The lowest BCUT2D eigenvalue weighted by atomic mass is 10.2.